The molecule has 0 saturated carbocycles. The monoisotopic (exact) mass is 299 g/mol. The molecule has 2 aromatic rings. The molecule has 0 unspecified atom stereocenters. The highest BCUT2D eigenvalue weighted by molar-refractivity contribution is 6.37. The lowest BCUT2D eigenvalue weighted by atomic mass is 10.2. The van der Waals surface area contributed by atoms with Crippen LogP contribution in [0.25, 0.3) is 0 Å². The zero-order chi connectivity index (χ0) is 14.0. The van der Waals surface area contributed by atoms with E-state index >= 15 is 0 Å². The summed E-state index contributed by atoms with van der Waals surface area (Å²) in [5.74, 6) is -0.527. The van der Waals surface area contributed by atoms with Gasteiger partial charge in [0.05, 0.1) is 10.0 Å². The summed E-state index contributed by atoms with van der Waals surface area (Å²) in [6.45, 7) is 0.275. The SMILES string of the molecule is Oc1cccc(CNc2cc(Cl)c(O)c(Cl)c2)c1O. The molecule has 4 nitrogen and oxygen atoms in total. The Morgan fingerprint density at radius 1 is 0.947 bits per heavy atom. The Morgan fingerprint density at radius 2 is 1.58 bits per heavy atom. The van der Waals surface area contributed by atoms with E-state index in [1.807, 2.05) is 0 Å². The van der Waals surface area contributed by atoms with Gasteiger partial charge in [0.1, 0.15) is 0 Å². The van der Waals surface area contributed by atoms with Crippen LogP contribution >= 0.6 is 23.2 Å². The molecule has 0 aromatic heterocycles. The van der Waals surface area contributed by atoms with Gasteiger partial charge in [-0.25, -0.2) is 0 Å². The van der Waals surface area contributed by atoms with Crippen molar-refractivity contribution in [3.63, 3.8) is 0 Å². The number of hydrogen-bond acceptors (Lipinski definition) is 4. The average molecular weight is 300 g/mol. The molecule has 0 aliphatic carbocycles. The summed E-state index contributed by atoms with van der Waals surface area (Å²) in [7, 11) is 0. The van der Waals surface area contributed by atoms with Crippen LogP contribution in [-0.2, 0) is 6.54 Å². The maximum absolute atomic E-state index is 9.65. The van der Waals surface area contributed by atoms with E-state index in [0.717, 1.165) is 0 Å². The van der Waals surface area contributed by atoms with Gasteiger partial charge in [-0.3, -0.25) is 0 Å². The molecule has 0 aliphatic heterocycles. The fourth-order valence-corrected chi connectivity index (χ4v) is 2.07. The second kappa shape index (κ2) is 5.47. The molecular formula is C13H11Cl2NO3. The summed E-state index contributed by atoms with van der Waals surface area (Å²) < 4.78 is 0. The molecule has 0 aliphatic rings. The summed E-state index contributed by atoms with van der Waals surface area (Å²) in [5.41, 5.74) is 1.12. The summed E-state index contributed by atoms with van der Waals surface area (Å²) in [6.07, 6.45) is 0. The van der Waals surface area contributed by atoms with Crippen LogP contribution < -0.4 is 5.32 Å². The second-order valence-electron chi connectivity index (χ2n) is 3.93. The minimum absolute atomic E-state index is 0.134. The van der Waals surface area contributed by atoms with Gasteiger partial charge in [-0.2, -0.15) is 0 Å². The van der Waals surface area contributed by atoms with Crippen molar-refractivity contribution < 1.29 is 15.3 Å². The van der Waals surface area contributed by atoms with Crippen molar-refractivity contribution in [1.29, 1.82) is 0 Å². The van der Waals surface area contributed by atoms with Crippen LogP contribution in [0.15, 0.2) is 30.3 Å². The molecule has 0 fully saturated rings. The molecule has 0 saturated heterocycles. The third-order valence-corrected chi connectivity index (χ3v) is 3.17. The smallest absolute Gasteiger partial charge is 0.162 e. The van der Waals surface area contributed by atoms with Gasteiger partial charge in [0.2, 0.25) is 0 Å². The fourth-order valence-electron chi connectivity index (χ4n) is 1.59. The lowest BCUT2D eigenvalue weighted by Crippen LogP contribution is -1.99. The Morgan fingerprint density at radius 3 is 2.21 bits per heavy atom. The molecule has 6 heteroatoms. The first-order chi connectivity index (χ1) is 8.99. The van der Waals surface area contributed by atoms with Crippen molar-refractivity contribution in [3.8, 4) is 17.2 Å². The van der Waals surface area contributed by atoms with Crippen LogP contribution in [0.5, 0.6) is 17.2 Å². The molecule has 0 radical (unpaired) electrons. The molecular weight excluding hydrogens is 289 g/mol. The molecule has 0 heterocycles. The number of rotatable bonds is 3. The number of aromatic hydroxyl groups is 3. The predicted octanol–water partition coefficient (Wildman–Crippen LogP) is 3.72. The molecule has 0 spiro atoms. The zero-order valence-corrected chi connectivity index (χ0v) is 11.2. The normalized spacial score (nSPS) is 10.4. The molecule has 0 amide bonds. The van der Waals surface area contributed by atoms with Crippen LogP contribution in [0, 0.1) is 0 Å². The summed E-state index contributed by atoms with van der Waals surface area (Å²) in [5, 5.41) is 31.7. The first-order valence-corrected chi connectivity index (χ1v) is 6.16. The number of para-hydroxylation sites is 1. The van der Waals surface area contributed by atoms with E-state index in [4.69, 9.17) is 23.2 Å². The predicted molar refractivity (Wildman–Crippen MR) is 75.2 cm³/mol. The van der Waals surface area contributed by atoms with Crippen LogP contribution in [-0.4, -0.2) is 15.3 Å². The van der Waals surface area contributed by atoms with Gasteiger partial charge in [0, 0.05) is 17.8 Å². The number of anilines is 1. The van der Waals surface area contributed by atoms with Crippen LogP contribution in [0.4, 0.5) is 5.69 Å². The Bertz CT molecular complexity index is 594. The first-order valence-electron chi connectivity index (χ1n) is 5.40. The topological polar surface area (TPSA) is 72.7 Å². The highest BCUT2D eigenvalue weighted by Crippen LogP contribution is 2.35. The van der Waals surface area contributed by atoms with E-state index in [1.165, 1.54) is 18.2 Å². The van der Waals surface area contributed by atoms with Gasteiger partial charge in [-0.05, 0) is 18.2 Å². The third kappa shape index (κ3) is 2.97. The Kier molecular flexibility index (Phi) is 3.93. The highest BCUT2D eigenvalue weighted by Gasteiger charge is 2.08. The number of benzene rings is 2. The Labute approximate surface area is 119 Å². The van der Waals surface area contributed by atoms with Crippen molar-refractivity contribution in [2.75, 3.05) is 5.32 Å². The maximum atomic E-state index is 9.65. The van der Waals surface area contributed by atoms with E-state index in [2.05, 4.69) is 5.32 Å². The lowest BCUT2D eigenvalue weighted by Gasteiger charge is -2.10. The quantitative estimate of drug-likeness (QED) is 0.515. The standard InChI is InChI=1S/C13H11Cl2NO3/c14-9-4-8(5-10(15)13(9)19)16-6-7-2-1-3-11(17)12(7)18/h1-5,16-19H,6H2. The van der Waals surface area contributed by atoms with E-state index in [0.29, 0.717) is 11.3 Å². The minimum Gasteiger partial charge on any atom is -0.505 e. The average Bonchev–Trinajstić information content (AvgIpc) is 2.37. The number of nitrogens with one attached hydrogen (secondary N) is 1. The zero-order valence-electron chi connectivity index (χ0n) is 9.69. The van der Waals surface area contributed by atoms with Crippen molar-refractivity contribution in [2.45, 2.75) is 6.54 Å². The highest BCUT2D eigenvalue weighted by atomic mass is 35.5. The van der Waals surface area contributed by atoms with E-state index < -0.39 is 0 Å². The fraction of sp³-hybridized carbons (Fsp3) is 0.0769. The van der Waals surface area contributed by atoms with Gasteiger partial charge in [-0.1, -0.05) is 35.3 Å². The summed E-state index contributed by atoms with van der Waals surface area (Å²) in [6, 6.07) is 7.73. The van der Waals surface area contributed by atoms with Crippen molar-refractivity contribution in [1.82, 2.24) is 0 Å². The first kappa shape index (κ1) is 13.6. The summed E-state index contributed by atoms with van der Waals surface area (Å²) >= 11 is 11.6. The summed E-state index contributed by atoms with van der Waals surface area (Å²) in [4.78, 5) is 0. The molecule has 2 aromatic carbocycles. The number of phenolic OH excluding ortho intramolecular Hbond substituents is 3. The maximum Gasteiger partial charge on any atom is 0.162 e. The van der Waals surface area contributed by atoms with E-state index in [9.17, 15) is 15.3 Å². The van der Waals surface area contributed by atoms with Crippen LogP contribution in [0.3, 0.4) is 0 Å². The van der Waals surface area contributed by atoms with Gasteiger partial charge in [-0.15, -0.1) is 0 Å². The number of halogens is 2. The molecule has 0 bridgehead atoms. The number of hydrogen-bond donors (Lipinski definition) is 4. The largest absolute Gasteiger partial charge is 0.505 e. The van der Waals surface area contributed by atoms with Gasteiger partial charge in [0.15, 0.2) is 17.2 Å². The second-order valence-corrected chi connectivity index (χ2v) is 4.74. The van der Waals surface area contributed by atoms with E-state index in [-0.39, 0.29) is 33.8 Å². The molecule has 4 N–H and O–H groups in total. The third-order valence-electron chi connectivity index (χ3n) is 2.60. The molecule has 2 rings (SSSR count). The van der Waals surface area contributed by atoms with Crippen molar-refractivity contribution in [3.05, 3.63) is 45.9 Å². The van der Waals surface area contributed by atoms with Crippen LogP contribution in [0.1, 0.15) is 5.56 Å². The van der Waals surface area contributed by atoms with Crippen LogP contribution in [0.2, 0.25) is 10.0 Å². The number of phenols is 3. The lowest BCUT2D eigenvalue weighted by molar-refractivity contribution is 0.400. The Balaban J connectivity index is 2.17. The molecule has 100 valence electrons. The van der Waals surface area contributed by atoms with E-state index in [1.54, 1.807) is 12.1 Å². The van der Waals surface area contributed by atoms with Gasteiger partial charge < -0.3 is 20.6 Å². The molecule has 19 heavy (non-hydrogen) atoms. The van der Waals surface area contributed by atoms with Gasteiger partial charge in [0.25, 0.3) is 0 Å². The van der Waals surface area contributed by atoms with Gasteiger partial charge >= 0.3 is 0 Å². The molecule has 0 atom stereocenters. The minimum atomic E-state index is -0.180. The van der Waals surface area contributed by atoms with Crippen molar-refractivity contribution >= 4 is 28.9 Å². The van der Waals surface area contributed by atoms with Crippen molar-refractivity contribution in [2.24, 2.45) is 0 Å². The Hall–Kier alpha value is -1.78.